The molecule has 7 unspecified atom stereocenters. The summed E-state index contributed by atoms with van der Waals surface area (Å²) in [6.07, 6.45) is 7.90. The van der Waals surface area contributed by atoms with Crippen LogP contribution in [-0.2, 0) is 50.7 Å². The monoisotopic (exact) mass is 975 g/mol. The number of aliphatic hydroxyl groups is 2. The van der Waals surface area contributed by atoms with Gasteiger partial charge in [-0.15, -0.1) is 0 Å². The van der Waals surface area contributed by atoms with Gasteiger partial charge in [-0.05, 0) is 25.7 Å². The van der Waals surface area contributed by atoms with Gasteiger partial charge in [-0.2, -0.15) is 4.31 Å². The first-order valence-corrected chi connectivity index (χ1v) is 25.8. The number of nitrogens with two attached hydrogens (primary N) is 1. The number of phosphoric ester groups is 3. The number of amides is 2. The first-order valence-electron chi connectivity index (χ1n) is 20.3. The zero-order valence-electron chi connectivity index (χ0n) is 35.3. The van der Waals surface area contributed by atoms with Crippen molar-refractivity contribution in [3.63, 3.8) is 0 Å². The molecule has 0 radical (unpaired) electrons. The number of nitrogens with zero attached hydrogens (tertiary/aromatic N) is 4. The van der Waals surface area contributed by atoms with Crippen LogP contribution in [0.5, 0.6) is 0 Å². The van der Waals surface area contributed by atoms with E-state index in [1.165, 1.54) is 26.7 Å². The molecular weight excluding hydrogens is 915 g/mol. The molecule has 1 aliphatic rings. The van der Waals surface area contributed by atoms with Crippen LogP contribution in [0.15, 0.2) is 24.8 Å². The molecule has 10 N–H and O–H groups in total. The van der Waals surface area contributed by atoms with E-state index in [1.54, 1.807) is 0 Å². The van der Waals surface area contributed by atoms with Gasteiger partial charge >= 0.3 is 23.5 Å². The Morgan fingerprint density at radius 1 is 0.952 bits per heavy atom. The van der Waals surface area contributed by atoms with Crippen molar-refractivity contribution in [2.45, 2.75) is 122 Å². The van der Waals surface area contributed by atoms with E-state index in [2.05, 4.69) is 53.5 Å². The molecule has 1 saturated heterocycles. The predicted octanol–water partition coefficient (Wildman–Crippen LogP) is 3.14. The third-order valence-electron chi connectivity index (χ3n) is 9.41. The van der Waals surface area contributed by atoms with E-state index in [1.807, 2.05) is 0 Å². The molecule has 0 bridgehead atoms. The number of anilines is 1. The number of aromatic nitrogens is 4. The largest absolute Gasteiger partial charge is 0.481 e. The average Bonchev–Trinajstić information content (AvgIpc) is 3.76. The minimum absolute atomic E-state index is 0.0326. The second kappa shape index (κ2) is 25.9. The van der Waals surface area contributed by atoms with Crippen LogP contribution in [0.25, 0.3) is 11.2 Å². The van der Waals surface area contributed by atoms with Crippen molar-refractivity contribution < 1.29 is 80.5 Å². The second-order valence-electron chi connectivity index (χ2n) is 15.2. The Balaban J connectivity index is 1.36. The number of carbonyl (C=O) groups excluding carboxylic acids is 3. The Bertz CT molecular complexity index is 1970. The van der Waals surface area contributed by atoms with Gasteiger partial charge in [0, 0.05) is 37.1 Å². The maximum absolute atomic E-state index is 12.7. The fourth-order valence-electron chi connectivity index (χ4n) is 5.99. The first-order chi connectivity index (χ1) is 29.6. The van der Waals surface area contributed by atoms with Crippen molar-refractivity contribution in [2.75, 3.05) is 37.8 Å². The van der Waals surface area contributed by atoms with Gasteiger partial charge in [0.25, 0.3) is 0 Å². The van der Waals surface area contributed by atoms with Crippen LogP contribution in [-0.4, -0.2) is 123 Å². The third-order valence-corrected chi connectivity index (χ3v) is 13.4. The number of rotatable bonds is 30. The van der Waals surface area contributed by atoms with Gasteiger partial charge in [0.1, 0.15) is 36.3 Å². The van der Waals surface area contributed by atoms with Crippen molar-refractivity contribution in [3.05, 3.63) is 24.8 Å². The summed E-state index contributed by atoms with van der Waals surface area (Å²) >= 11 is 1.14. The highest BCUT2D eigenvalue weighted by Crippen LogP contribution is 2.61. The molecule has 7 atom stereocenters. The van der Waals surface area contributed by atoms with Crippen molar-refractivity contribution >= 4 is 69.1 Å². The molecule has 63 heavy (non-hydrogen) atoms. The van der Waals surface area contributed by atoms with E-state index >= 15 is 0 Å². The number of aliphatic hydroxyl groups excluding tert-OH is 2. The van der Waals surface area contributed by atoms with E-state index in [4.69, 9.17) is 19.5 Å². The van der Waals surface area contributed by atoms with Crippen LogP contribution in [0.4, 0.5) is 5.82 Å². The number of ether oxygens (including phenoxy) is 1. The summed E-state index contributed by atoms with van der Waals surface area (Å²) in [5, 5.41) is 26.6. The Kier molecular flexibility index (Phi) is 22.4. The molecule has 2 amide bonds. The summed E-state index contributed by atoms with van der Waals surface area (Å²) in [4.78, 5) is 88.1. The third kappa shape index (κ3) is 19.4. The summed E-state index contributed by atoms with van der Waals surface area (Å²) < 4.78 is 62.3. The molecule has 24 nitrogen and oxygen atoms in total. The number of hydrogen-bond acceptors (Lipinski definition) is 18. The summed E-state index contributed by atoms with van der Waals surface area (Å²) in [7, 11) is -16.4. The zero-order chi connectivity index (χ0) is 46.8. The number of nitrogen functional groups attached to an aromatic ring is 1. The zero-order valence-corrected chi connectivity index (χ0v) is 38.8. The maximum atomic E-state index is 12.7. The molecule has 3 heterocycles. The van der Waals surface area contributed by atoms with Crippen LogP contribution in [0.1, 0.15) is 97.6 Å². The lowest BCUT2D eigenvalue weighted by atomic mass is 9.87. The molecule has 0 aliphatic carbocycles. The number of thioether (sulfide) groups is 1. The lowest BCUT2D eigenvalue weighted by Gasteiger charge is -2.30. The number of carbonyl (C=O) groups is 3. The number of unbranched alkanes of at least 4 members (excludes halogenated alkanes) is 7. The lowest BCUT2D eigenvalue weighted by Crippen LogP contribution is -2.46. The van der Waals surface area contributed by atoms with E-state index < -0.39 is 84.6 Å². The lowest BCUT2D eigenvalue weighted by molar-refractivity contribution is -0.137. The molecule has 2 aromatic heterocycles. The quantitative estimate of drug-likeness (QED) is 0.0308. The minimum Gasteiger partial charge on any atom is -0.386 e. The molecule has 28 heteroatoms. The number of phosphoric acid groups is 3. The number of fused-ring (bicyclic) bond motifs is 1. The number of imidazole rings is 1. The Labute approximate surface area is 368 Å². The average molecular weight is 976 g/mol. The SMILES string of the molecule is CCCC/C=C/CCCCCCCC(=O)SCCNC(=O)CCNC(=O)C(O)C(C)(C)COP(=O)(O)OP(=O)(O)OCC1OC(n2cnc3c(N)ncnc32)C(O)C1OP(=O)(O)O. The number of allylic oxidation sites excluding steroid dienone is 2. The van der Waals surface area contributed by atoms with Crippen molar-refractivity contribution in [1.82, 2.24) is 30.2 Å². The summed E-state index contributed by atoms with van der Waals surface area (Å²) in [5.41, 5.74) is 4.28. The Hall–Kier alpha value is -2.70. The number of hydrogen-bond donors (Lipinski definition) is 9. The first kappa shape index (κ1) is 54.6. The molecule has 0 saturated carbocycles. The molecule has 0 spiro atoms. The van der Waals surface area contributed by atoms with Gasteiger partial charge in [-0.3, -0.25) is 32.5 Å². The molecular formula is C35H60N7O17P3S. The topological polar surface area (TPSA) is 364 Å². The van der Waals surface area contributed by atoms with E-state index in [9.17, 15) is 57.9 Å². The number of nitrogens with one attached hydrogen (secondary N) is 2. The summed E-state index contributed by atoms with van der Waals surface area (Å²) in [6.45, 7) is 2.74. The van der Waals surface area contributed by atoms with Gasteiger partial charge in [0.15, 0.2) is 22.8 Å². The van der Waals surface area contributed by atoms with Crippen LogP contribution >= 0.6 is 35.2 Å². The van der Waals surface area contributed by atoms with Crippen LogP contribution < -0.4 is 16.4 Å². The predicted molar refractivity (Wildman–Crippen MR) is 228 cm³/mol. The molecule has 2 aromatic rings. The minimum atomic E-state index is -5.57. The van der Waals surface area contributed by atoms with Gasteiger partial charge < -0.3 is 50.9 Å². The molecule has 1 fully saturated rings. The van der Waals surface area contributed by atoms with Gasteiger partial charge in [-0.1, -0.05) is 76.8 Å². The summed E-state index contributed by atoms with van der Waals surface area (Å²) in [5.74, 6) is -1.04. The second-order valence-corrected chi connectivity index (χ2v) is 20.6. The molecule has 3 rings (SSSR count). The van der Waals surface area contributed by atoms with Gasteiger partial charge in [0.2, 0.25) is 11.8 Å². The van der Waals surface area contributed by atoms with Crippen molar-refractivity contribution in [3.8, 4) is 0 Å². The standard InChI is InChI=1S/C35H60N7O17P3S/c1-4-5-6-7-8-9-10-11-12-13-14-15-26(44)63-19-18-37-25(43)16-17-38-33(47)30(46)35(2,3)21-56-62(53,54)59-61(51,52)55-20-24-29(58-60(48,49)50)28(45)34(57-24)42-23-41-27-31(36)39-22-40-32(27)42/h7-8,22-24,28-30,34,45-46H,4-6,9-21H2,1-3H3,(H,37,43)(H,38,47)(H,51,52)(H,53,54)(H2,36,39,40)(H2,48,49,50)/b8-7+. The Morgan fingerprint density at radius 3 is 2.32 bits per heavy atom. The van der Waals surface area contributed by atoms with Crippen LogP contribution in [0.3, 0.4) is 0 Å². The van der Waals surface area contributed by atoms with Gasteiger partial charge in [0.05, 0.1) is 19.5 Å². The van der Waals surface area contributed by atoms with E-state index in [0.717, 1.165) is 73.9 Å². The van der Waals surface area contributed by atoms with Crippen LogP contribution in [0, 0.1) is 5.41 Å². The highest BCUT2D eigenvalue weighted by Gasteiger charge is 2.50. The van der Waals surface area contributed by atoms with Gasteiger partial charge in [-0.25, -0.2) is 28.6 Å². The van der Waals surface area contributed by atoms with E-state index in [0.29, 0.717) is 12.2 Å². The van der Waals surface area contributed by atoms with Crippen LogP contribution in [0.2, 0.25) is 0 Å². The molecule has 1 aliphatic heterocycles. The fourth-order valence-corrected chi connectivity index (χ4v) is 9.54. The summed E-state index contributed by atoms with van der Waals surface area (Å²) in [6, 6.07) is 0. The molecule has 0 aromatic carbocycles. The van der Waals surface area contributed by atoms with E-state index in [-0.39, 0.29) is 41.6 Å². The maximum Gasteiger partial charge on any atom is 0.481 e. The van der Waals surface area contributed by atoms with Crippen molar-refractivity contribution in [2.24, 2.45) is 5.41 Å². The smallest absolute Gasteiger partial charge is 0.386 e. The highest BCUT2D eigenvalue weighted by molar-refractivity contribution is 8.13. The highest BCUT2D eigenvalue weighted by atomic mass is 32.2. The Morgan fingerprint density at radius 2 is 1.62 bits per heavy atom. The van der Waals surface area contributed by atoms with Crippen molar-refractivity contribution in [1.29, 1.82) is 0 Å². The fraction of sp³-hybridized carbons (Fsp3) is 0.714. The normalized spacial score (nSPS) is 20.7. The molecule has 358 valence electrons.